The van der Waals surface area contributed by atoms with Gasteiger partial charge in [0.2, 0.25) is 5.76 Å². The molecule has 0 atom stereocenters. The number of nitrogens with zero attached hydrogens (tertiary/aromatic N) is 2. The minimum Gasteiger partial charge on any atom is -0.489 e. The number of hydrogen-bond acceptors (Lipinski definition) is 5. The fourth-order valence-corrected chi connectivity index (χ4v) is 2.27. The van der Waals surface area contributed by atoms with Crippen LogP contribution in [0, 0.1) is 0 Å². The summed E-state index contributed by atoms with van der Waals surface area (Å²) in [4.78, 5) is 13.6. The highest BCUT2D eigenvalue weighted by Gasteiger charge is 2.38. The molecule has 0 N–H and O–H groups in total. The van der Waals surface area contributed by atoms with Crippen LogP contribution >= 0.6 is 0 Å². The lowest BCUT2D eigenvalue weighted by atomic mass is 10.1. The molecule has 1 aromatic heterocycles. The predicted molar refractivity (Wildman–Crippen MR) is 71.7 cm³/mol. The van der Waals surface area contributed by atoms with Gasteiger partial charge in [-0.15, -0.1) is 0 Å². The highest BCUT2D eigenvalue weighted by atomic mass is 19.4. The third kappa shape index (κ3) is 2.69. The summed E-state index contributed by atoms with van der Waals surface area (Å²) in [5, 5.41) is 3.51. The number of hydrogen-bond donors (Lipinski definition) is 0. The Morgan fingerprint density at radius 3 is 2.83 bits per heavy atom. The van der Waals surface area contributed by atoms with E-state index < -0.39 is 17.6 Å². The summed E-state index contributed by atoms with van der Waals surface area (Å²) in [5.74, 6) is -1.02. The molecule has 122 valence electrons. The van der Waals surface area contributed by atoms with Crippen LogP contribution in [0.4, 0.5) is 18.9 Å². The monoisotopic (exact) mass is 328 g/mol. The van der Waals surface area contributed by atoms with Gasteiger partial charge in [0.05, 0.1) is 31.0 Å². The Bertz CT molecular complexity index is 742. The van der Waals surface area contributed by atoms with Crippen LogP contribution in [0.2, 0.25) is 0 Å². The topological polar surface area (TPSA) is 64.8 Å². The first-order chi connectivity index (χ1) is 10.9. The standard InChI is InChI=1S/C14H11F3N2O4/c1-21-11-7-10(23-18-11)13(20)19-5-6-22-12-8(14(15,16)17)3-2-4-9(12)19/h2-4,7H,5-6H2,1H3. The number of anilines is 1. The molecule has 2 heterocycles. The Morgan fingerprint density at radius 2 is 2.17 bits per heavy atom. The molecular formula is C14H11F3N2O4. The molecular weight excluding hydrogens is 317 g/mol. The Labute approximate surface area is 128 Å². The lowest BCUT2D eigenvalue weighted by Gasteiger charge is -2.30. The minimum absolute atomic E-state index is 0.0337. The third-order valence-electron chi connectivity index (χ3n) is 3.31. The number of para-hydroxylation sites is 1. The Balaban J connectivity index is 2.00. The van der Waals surface area contributed by atoms with Crippen LogP contribution in [-0.2, 0) is 6.18 Å². The number of carbonyl (C=O) groups is 1. The Kier molecular flexibility index (Phi) is 3.63. The maximum atomic E-state index is 13.0. The first kappa shape index (κ1) is 15.2. The molecule has 0 radical (unpaired) electrons. The van der Waals surface area contributed by atoms with Gasteiger partial charge in [-0.05, 0) is 17.3 Å². The lowest BCUT2D eigenvalue weighted by Crippen LogP contribution is -2.38. The number of fused-ring (bicyclic) bond motifs is 1. The van der Waals surface area contributed by atoms with Crippen molar-refractivity contribution in [2.45, 2.75) is 6.18 Å². The highest BCUT2D eigenvalue weighted by molar-refractivity contribution is 6.05. The predicted octanol–water partition coefficient (Wildman–Crippen LogP) is 2.74. The second-order valence-corrected chi connectivity index (χ2v) is 4.69. The van der Waals surface area contributed by atoms with E-state index in [2.05, 4.69) is 5.16 Å². The van der Waals surface area contributed by atoms with Crippen molar-refractivity contribution in [2.24, 2.45) is 0 Å². The number of ether oxygens (including phenoxy) is 2. The maximum Gasteiger partial charge on any atom is 0.420 e. The van der Waals surface area contributed by atoms with Gasteiger partial charge in [-0.3, -0.25) is 9.69 Å². The summed E-state index contributed by atoms with van der Waals surface area (Å²) in [6, 6.07) is 4.78. The summed E-state index contributed by atoms with van der Waals surface area (Å²) in [5.41, 5.74) is -0.894. The highest BCUT2D eigenvalue weighted by Crippen LogP contribution is 2.43. The molecule has 0 unspecified atom stereocenters. The van der Waals surface area contributed by atoms with Gasteiger partial charge in [-0.25, -0.2) is 0 Å². The van der Waals surface area contributed by atoms with Gasteiger partial charge in [0.1, 0.15) is 6.61 Å². The summed E-state index contributed by atoms with van der Waals surface area (Å²) in [6.07, 6.45) is -4.58. The fraction of sp³-hybridized carbons (Fsp3) is 0.286. The summed E-state index contributed by atoms with van der Waals surface area (Å²) in [6.45, 7) is 0.0350. The number of methoxy groups -OCH3 is 1. The zero-order valence-electron chi connectivity index (χ0n) is 11.9. The van der Waals surface area contributed by atoms with E-state index in [1.807, 2.05) is 0 Å². The van der Waals surface area contributed by atoms with Crippen LogP contribution in [0.25, 0.3) is 0 Å². The zero-order chi connectivity index (χ0) is 16.6. The second kappa shape index (κ2) is 5.49. The third-order valence-corrected chi connectivity index (χ3v) is 3.31. The molecule has 1 aliphatic rings. The van der Waals surface area contributed by atoms with E-state index in [-0.39, 0.29) is 36.2 Å². The van der Waals surface area contributed by atoms with E-state index in [9.17, 15) is 18.0 Å². The van der Waals surface area contributed by atoms with Crippen molar-refractivity contribution >= 4 is 11.6 Å². The smallest absolute Gasteiger partial charge is 0.420 e. The molecule has 2 aromatic rings. The molecule has 1 aliphatic heterocycles. The molecule has 0 aliphatic carbocycles. The van der Waals surface area contributed by atoms with E-state index in [1.165, 1.54) is 25.3 Å². The van der Waals surface area contributed by atoms with Gasteiger partial charge in [0.25, 0.3) is 11.8 Å². The van der Waals surface area contributed by atoms with Crippen molar-refractivity contribution in [3.8, 4) is 11.6 Å². The molecule has 0 bridgehead atoms. The number of aromatic nitrogens is 1. The van der Waals surface area contributed by atoms with Crippen LogP contribution in [0.15, 0.2) is 28.8 Å². The Morgan fingerprint density at radius 1 is 1.39 bits per heavy atom. The van der Waals surface area contributed by atoms with E-state index >= 15 is 0 Å². The molecule has 23 heavy (non-hydrogen) atoms. The van der Waals surface area contributed by atoms with E-state index in [1.54, 1.807) is 0 Å². The number of halogens is 3. The quantitative estimate of drug-likeness (QED) is 0.848. The average Bonchev–Trinajstić information content (AvgIpc) is 3.01. The van der Waals surface area contributed by atoms with Crippen molar-refractivity contribution in [1.82, 2.24) is 5.16 Å². The van der Waals surface area contributed by atoms with Crippen molar-refractivity contribution < 1.29 is 32.0 Å². The first-order valence-electron chi connectivity index (χ1n) is 6.57. The molecule has 0 fully saturated rings. The molecule has 1 aromatic carbocycles. The van der Waals surface area contributed by atoms with E-state index in [4.69, 9.17) is 14.0 Å². The number of carbonyl (C=O) groups excluding carboxylic acids is 1. The van der Waals surface area contributed by atoms with Gasteiger partial charge < -0.3 is 14.0 Å². The second-order valence-electron chi connectivity index (χ2n) is 4.69. The van der Waals surface area contributed by atoms with Crippen molar-refractivity contribution in [3.05, 3.63) is 35.6 Å². The fourth-order valence-electron chi connectivity index (χ4n) is 2.27. The van der Waals surface area contributed by atoms with Crippen molar-refractivity contribution in [2.75, 3.05) is 25.2 Å². The van der Waals surface area contributed by atoms with Crippen LogP contribution < -0.4 is 14.4 Å². The number of rotatable bonds is 2. The van der Waals surface area contributed by atoms with Crippen LogP contribution in [0.5, 0.6) is 11.6 Å². The molecule has 3 rings (SSSR count). The van der Waals surface area contributed by atoms with E-state index in [0.717, 1.165) is 11.0 Å². The summed E-state index contributed by atoms with van der Waals surface area (Å²) < 4.78 is 54.0. The minimum atomic E-state index is -4.58. The van der Waals surface area contributed by atoms with Crippen molar-refractivity contribution in [3.63, 3.8) is 0 Å². The maximum absolute atomic E-state index is 13.0. The van der Waals surface area contributed by atoms with Gasteiger partial charge in [0, 0.05) is 0 Å². The normalized spacial score (nSPS) is 14.2. The van der Waals surface area contributed by atoms with Gasteiger partial charge in [-0.2, -0.15) is 13.2 Å². The largest absolute Gasteiger partial charge is 0.489 e. The SMILES string of the molecule is COc1cc(C(=O)N2CCOc3c2cccc3C(F)(F)F)on1. The summed E-state index contributed by atoms with van der Waals surface area (Å²) >= 11 is 0. The number of alkyl halides is 3. The molecule has 1 amide bonds. The Hall–Kier alpha value is -2.71. The van der Waals surface area contributed by atoms with Crippen LogP contribution in [0.1, 0.15) is 16.1 Å². The molecule has 0 spiro atoms. The lowest BCUT2D eigenvalue weighted by molar-refractivity contribution is -0.139. The van der Waals surface area contributed by atoms with Gasteiger partial charge in [-0.1, -0.05) is 6.07 Å². The van der Waals surface area contributed by atoms with E-state index in [0.29, 0.717) is 0 Å². The first-order valence-corrected chi connectivity index (χ1v) is 6.57. The van der Waals surface area contributed by atoms with Gasteiger partial charge >= 0.3 is 6.18 Å². The zero-order valence-corrected chi connectivity index (χ0v) is 11.9. The summed E-state index contributed by atoms with van der Waals surface area (Å²) in [7, 11) is 1.35. The molecule has 0 saturated carbocycles. The van der Waals surface area contributed by atoms with Gasteiger partial charge in [0.15, 0.2) is 5.75 Å². The molecule has 9 heteroatoms. The van der Waals surface area contributed by atoms with Crippen LogP contribution in [-0.4, -0.2) is 31.3 Å². The number of amides is 1. The molecule has 0 saturated heterocycles. The van der Waals surface area contributed by atoms with Crippen molar-refractivity contribution in [1.29, 1.82) is 0 Å². The molecule has 6 nitrogen and oxygen atoms in total. The number of benzene rings is 1. The average molecular weight is 328 g/mol. The van der Waals surface area contributed by atoms with Crippen LogP contribution in [0.3, 0.4) is 0 Å².